The monoisotopic (exact) mass is 520 g/mol. The number of benzene rings is 8. The van der Waals surface area contributed by atoms with E-state index in [-0.39, 0.29) is 0 Å². The quantitative estimate of drug-likeness (QED) is 0.207. The van der Waals surface area contributed by atoms with Crippen molar-refractivity contribution in [2.24, 2.45) is 0 Å². The second kappa shape index (κ2) is 8.55. The van der Waals surface area contributed by atoms with Gasteiger partial charge in [0.15, 0.2) is 0 Å². The topological polar surface area (TPSA) is 13.1 Å². The Kier molecular flexibility index (Phi) is 4.67. The third kappa shape index (κ3) is 3.30. The van der Waals surface area contributed by atoms with Crippen molar-refractivity contribution in [3.05, 3.63) is 146 Å². The molecule has 0 aliphatic heterocycles. The molecule has 0 amide bonds. The van der Waals surface area contributed by atoms with E-state index in [4.69, 9.17) is 4.42 Å². The van der Waals surface area contributed by atoms with E-state index in [2.05, 4.69) is 133 Å². The average Bonchev–Trinajstić information content (AvgIpc) is 3.42. The summed E-state index contributed by atoms with van der Waals surface area (Å²) in [6.07, 6.45) is 0. The van der Waals surface area contributed by atoms with Crippen LogP contribution in [0.1, 0.15) is 0 Å². The molecule has 1 heteroatoms. The van der Waals surface area contributed by atoms with Crippen molar-refractivity contribution < 1.29 is 4.42 Å². The van der Waals surface area contributed by atoms with E-state index in [1.54, 1.807) is 0 Å². The number of furan rings is 1. The Morgan fingerprint density at radius 1 is 0.293 bits per heavy atom. The van der Waals surface area contributed by atoms with Crippen LogP contribution < -0.4 is 0 Å². The number of para-hydroxylation sites is 1. The third-order valence-electron chi connectivity index (χ3n) is 8.65. The van der Waals surface area contributed by atoms with Crippen LogP contribution in [-0.2, 0) is 0 Å². The molecule has 0 radical (unpaired) electrons. The zero-order chi connectivity index (χ0) is 26.9. The fourth-order valence-electron chi connectivity index (χ4n) is 6.75. The molecule has 0 atom stereocenters. The van der Waals surface area contributed by atoms with Crippen molar-refractivity contribution in [3.8, 4) is 22.3 Å². The van der Waals surface area contributed by atoms with Gasteiger partial charge in [0.1, 0.15) is 11.2 Å². The maximum atomic E-state index is 6.05. The summed E-state index contributed by atoms with van der Waals surface area (Å²) in [6, 6.07) is 52.7. The molecule has 1 nitrogen and oxygen atoms in total. The van der Waals surface area contributed by atoms with Gasteiger partial charge >= 0.3 is 0 Å². The number of hydrogen-bond donors (Lipinski definition) is 0. The van der Waals surface area contributed by atoms with Crippen molar-refractivity contribution in [1.82, 2.24) is 0 Å². The van der Waals surface area contributed by atoms with E-state index >= 15 is 0 Å². The molecule has 0 bridgehead atoms. The van der Waals surface area contributed by atoms with Crippen LogP contribution in [0.25, 0.3) is 87.3 Å². The lowest BCUT2D eigenvalue weighted by molar-refractivity contribution is 0.669. The summed E-state index contributed by atoms with van der Waals surface area (Å²) in [6.45, 7) is 0. The van der Waals surface area contributed by atoms with Crippen LogP contribution in [0.15, 0.2) is 150 Å². The fraction of sp³-hybridized carbons (Fsp3) is 0. The Labute approximate surface area is 236 Å². The van der Waals surface area contributed by atoms with Crippen molar-refractivity contribution in [2.75, 3.05) is 0 Å². The minimum Gasteiger partial charge on any atom is -0.456 e. The Hall–Kier alpha value is -5.40. The average molecular weight is 521 g/mol. The van der Waals surface area contributed by atoms with Gasteiger partial charge in [-0.15, -0.1) is 0 Å². The van der Waals surface area contributed by atoms with Gasteiger partial charge in [0.05, 0.1) is 0 Å². The highest BCUT2D eigenvalue weighted by Gasteiger charge is 2.15. The zero-order valence-electron chi connectivity index (χ0n) is 22.3. The second-order valence-electron chi connectivity index (χ2n) is 10.9. The summed E-state index contributed by atoms with van der Waals surface area (Å²) in [5, 5.41) is 12.7. The number of rotatable bonds is 2. The molecule has 8 aromatic carbocycles. The van der Waals surface area contributed by atoms with Crippen molar-refractivity contribution >= 4 is 65.0 Å². The lowest BCUT2D eigenvalue weighted by atomic mass is 9.87. The molecule has 0 saturated heterocycles. The van der Waals surface area contributed by atoms with E-state index in [0.29, 0.717) is 0 Å². The van der Waals surface area contributed by atoms with Gasteiger partial charge in [-0.1, -0.05) is 121 Å². The molecule has 0 saturated carbocycles. The standard InChI is InChI=1S/C40H24O/c1-2-11-30-28(9-1)29-10-3-5-14-33(29)40-34-15-6-4-12-31(34)35(24-37(30)40)26-19-17-25(18-20-26)27-21-22-39-36(23-27)32-13-7-8-16-38(32)41-39/h1-24H. The van der Waals surface area contributed by atoms with Gasteiger partial charge in [0.2, 0.25) is 0 Å². The van der Waals surface area contributed by atoms with Gasteiger partial charge in [-0.2, -0.15) is 0 Å². The smallest absolute Gasteiger partial charge is 0.135 e. The van der Waals surface area contributed by atoms with Gasteiger partial charge in [0.25, 0.3) is 0 Å². The van der Waals surface area contributed by atoms with Crippen LogP contribution in [0.3, 0.4) is 0 Å². The first kappa shape index (κ1) is 22.4. The molecule has 0 aliphatic rings. The maximum absolute atomic E-state index is 6.05. The predicted octanol–water partition coefficient (Wildman–Crippen LogP) is 11.5. The van der Waals surface area contributed by atoms with E-state index < -0.39 is 0 Å². The first-order chi connectivity index (χ1) is 20.3. The minimum absolute atomic E-state index is 0.925. The summed E-state index contributed by atoms with van der Waals surface area (Å²) in [5.41, 5.74) is 6.72. The van der Waals surface area contributed by atoms with Gasteiger partial charge < -0.3 is 4.42 Å². The van der Waals surface area contributed by atoms with Gasteiger partial charge in [0, 0.05) is 10.8 Å². The molecule has 0 aliphatic carbocycles. The molecule has 1 heterocycles. The van der Waals surface area contributed by atoms with Crippen LogP contribution in [-0.4, -0.2) is 0 Å². The molecular formula is C40H24O. The molecular weight excluding hydrogens is 496 g/mol. The Balaban J connectivity index is 1.26. The van der Waals surface area contributed by atoms with Gasteiger partial charge in [-0.05, 0) is 89.6 Å². The molecule has 0 unspecified atom stereocenters. The number of hydrogen-bond acceptors (Lipinski definition) is 1. The minimum atomic E-state index is 0.925. The predicted molar refractivity (Wildman–Crippen MR) is 175 cm³/mol. The molecule has 0 fully saturated rings. The van der Waals surface area contributed by atoms with Crippen molar-refractivity contribution in [2.45, 2.75) is 0 Å². The molecule has 9 rings (SSSR count). The van der Waals surface area contributed by atoms with Gasteiger partial charge in [-0.25, -0.2) is 0 Å². The summed E-state index contributed by atoms with van der Waals surface area (Å²) in [4.78, 5) is 0. The SMILES string of the molecule is c1ccc2c(c1)oc1ccc(-c3ccc(-c4cc5c6ccccc6c6ccccc6c5c5ccccc45)cc3)cc12. The van der Waals surface area contributed by atoms with E-state index in [0.717, 1.165) is 21.9 Å². The first-order valence-corrected chi connectivity index (χ1v) is 14.1. The first-order valence-electron chi connectivity index (χ1n) is 14.1. The fourth-order valence-corrected chi connectivity index (χ4v) is 6.75. The molecule has 190 valence electrons. The van der Waals surface area contributed by atoms with E-state index in [1.807, 2.05) is 12.1 Å². The highest BCUT2D eigenvalue weighted by molar-refractivity contribution is 6.33. The summed E-state index contributed by atoms with van der Waals surface area (Å²) >= 11 is 0. The highest BCUT2D eigenvalue weighted by Crippen LogP contribution is 2.43. The van der Waals surface area contributed by atoms with Crippen LogP contribution in [0.4, 0.5) is 0 Å². The van der Waals surface area contributed by atoms with Crippen molar-refractivity contribution in [1.29, 1.82) is 0 Å². The molecule has 0 spiro atoms. The lowest BCUT2D eigenvalue weighted by Gasteiger charge is -2.16. The zero-order valence-corrected chi connectivity index (χ0v) is 22.3. The Morgan fingerprint density at radius 2 is 0.780 bits per heavy atom. The third-order valence-corrected chi connectivity index (χ3v) is 8.65. The van der Waals surface area contributed by atoms with Crippen LogP contribution in [0.2, 0.25) is 0 Å². The Bertz CT molecular complexity index is 2460. The Morgan fingerprint density at radius 3 is 1.51 bits per heavy atom. The normalized spacial score (nSPS) is 11.9. The highest BCUT2D eigenvalue weighted by atomic mass is 16.3. The maximum Gasteiger partial charge on any atom is 0.135 e. The van der Waals surface area contributed by atoms with E-state index in [9.17, 15) is 0 Å². The summed E-state index contributed by atoms with van der Waals surface area (Å²) in [7, 11) is 0. The summed E-state index contributed by atoms with van der Waals surface area (Å²) in [5.74, 6) is 0. The van der Waals surface area contributed by atoms with Crippen LogP contribution in [0.5, 0.6) is 0 Å². The van der Waals surface area contributed by atoms with Crippen LogP contribution >= 0.6 is 0 Å². The molecule has 1 aromatic heterocycles. The molecule has 0 N–H and O–H groups in total. The second-order valence-corrected chi connectivity index (χ2v) is 10.9. The largest absolute Gasteiger partial charge is 0.456 e. The summed E-state index contributed by atoms with van der Waals surface area (Å²) < 4.78 is 6.05. The molecule has 41 heavy (non-hydrogen) atoms. The van der Waals surface area contributed by atoms with Crippen molar-refractivity contribution in [3.63, 3.8) is 0 Å². The lowest BCUT2D eigenvalue weighted by Crippen LogP contribution is -1.88. The van der Waals surface area contributed by atoms with Crippen LogP contribution in [0, 0.1) is 0 Å². The van der Waals surface area contributed by atoms with Gasteiger partial charge in [-0.3, -0.25) is 0 Å². The number of fused-ring (bicyclic) bond motifs is 11. The van der Waals surface area contributed by atoms with E-state index in [1.165, 1.54) is 65.3 Å². The molecule has 9 aromatic rings.